The second kappa shape index (κ2) is 8.70. The second-order valence-corrected chi connectivity index (χ2v) is 10.4. The Balaban J connectivity index is 2.15. The zero-order valence-corrected chi connectivity index (χ0v) is 19.8. The van der Waals surface area contributed by atoms with Crippen LogP contribution >= 0.6 is 0 Å². The summed E-state index contributed by atoms with van der Waals surface area (Å²) in [5.41, 5.74) is 4.85. The molecule has 0 aliphatic carbocycles. The van der Waals surface area contributed by atoms with E-state index in [-0.39, 0.29) is 16.8 Å². The van der Waals surface area contributed by atoms with Crippen LogP contribution in [0.2, 0.25) is 0 Å². The Kier molecular flexibility index (Phi) is 6.40. The van der Waals surface area contributed by atoms with Crippen LogP contribution in [0.1, 0.15) is 75.3 Å². The molecule has 0 aliphatic rings. The van der Waals surface area contributed by atoms with Crippen molar-refractivity contribution >= 4 is 5.97 Å². The number of hydrogen-bond acceptors (Lipinski definition) is 2. The van der Waals surface area contributed by atoms with E-state index in [4.69, 9.17) is 4.74 Å². The van der Waals surface area contributed by atoms with E-state index in [0.717, 1.165) is 22.3 Å². The molecule has 3 aromatic carbocycles. The van der Waals surface area contributed by atoms with Crippen molar-refractivity contribution in [3.63, 3.8) is 0 Å². The van der Waals surface area contributed by atoms with Crippen LogP contribution in [0.3, 0.4) is 0 Å². The zero-order valence-electron chi connectivity index (χ0n) is 19.8. The van der Waals surface area contributed by atoms with Crippen molar-refractivity contribution in [3.05, 3.63) is 101 Å². The monoisotopic (exact) mass is 414 g/mol. The van der Waals surface area contributed by atoms with Gasteiger partial charge in [0.15, 0.2) is 0 Å². The molecule has 3 rings (SSSR count). The SMILES string of the molecule is Cc1cc(C(C)(C)C)c(OC(=O)C(c2ccccc2)c2ccccc2)c(C(C)(C)C)c1. The number of esters is 1. The molecular weight excluding hydrogens is 380 g/mol. The highest BCUT2D eigenvalue weighted by molar-refractivity contribution is 5.85. The highest BCUT2D eigenvalue weighted by Crippen LogP contribution is 2.41. The van der Waals surface area contributed by atoms with Gasteiger partial charge in [-0.25, -0.2) is 0 Å². The lowest BCUT2D eigenvalue weighted by atomic mass is 9.78. The summed E-state index contributed by atoms with van der Waals surface area (Å²) in [5, 5.41) is 0. The summed E-state index contributed by atoms with van der Waals surface area (Å²) in [6.07, 6.45) is 0. The average molecular weight is 415 g/mol. The molecule has 0 aromatic heterocycles. The summed E-state index contributed by atoms with van der Waals surface area (Å²) < 4.78 is 6.32. The zero-order chi connectivity index (χ0) is 22.8. The number of carbonyl (C=O) groups excluding carboxylic acids is 1. The molecule has 3 aromatic rings. The minimum absolute atomic E-state index is 0.156. The first-order valence-corrected chi connectivity index (χ1v) is 11.0. The van der Waals surface area contributed by atoms with Gasteiger partial charge >= 0.3 is 5.97 Å². The van der Waals surface area contributed by atoms with Crippen LogP contribution in [0.4, 0.5) is 0 Å². The molecule has 0 saturated carbocycles. The summed E-state index contributed by atoms with van der Waals surface area (Å²) in [6, 6.07) is 24.0. The number of ether oxygens (including phenoxy) is 1. The van der Waals surface area contributed by atoms with E-state index in [2.05, 4.69) is 60.6 Å². The largest absolute Gasteiger partial charge is 0.425 e. The van der Waals surface area contributed by atoms with Gasteiger partial charge in [0.25, 0.3) is 0 Å². The predicted molar refractivity (Wildman–Crippen MR) is 129 cm³/mol. The molecule has 0 N–H and O–H groups in total. The molecule has 0 fully saturated rings. The normalized spacial score (nSPS) is 12.1. The molecule has 0 heterocycles. The maximum absolute atomic E-state index is 13.7. The fourth-order valence-corrected chi connectivity index (χ4v) is 3.91. The average Bonchev–Trinajstić information content (AvgIpc) is 2.69. The van der Waals surface area contributed by atoms with E-state index in [1.54, 1.807) is 0 Å². The standard InChI is InChI=1S/C29H34O2/c1-20-18-23(28(2,3)4)26(24(19-20)29(5,6)7)31-27(30)25(21-14-10-8-11-15-21)22-16-12-9-13-17-22/h8-19,25H,1-7H3. The molecule has 0 atom stereocenters. The van der Waals surface area contributed by atoms with Crippen LogP contribution < -0.4 is 4.74 Å². The van der Waals surface area contributed by atoms with Crippen molar-refractivity contribution in [2.24, 2.45) is 0 Å². The molecule has 0 spiro atoms. The Hall–Kier alpha value is -2.87. The highest BCUT2D eigenvalue weighted by Gasteiger charge is 2.31. The lowest BCUT2D eigenvalue weighted by molar-refractivity contribution is -0.135. The van der Waals surface area contributed by atoms with E-state index in [9.17, 15) is 4.79 Å². The van der Waals surface area contributed by atoms with Gasteiger partial charge in [-0.15, -0.1) is 0 Å². The highest BCUT2D eigenvalue weighted by atomic mass is 16.5. The van der Waals surface area contributed by atoms with E-state index >= 15 is 0 Å². The van der Waals surface area contributed by atoms with Gasteiger partial charge in [-0.2, -0.15) is 0 Å². The summed E-state index contributed by atoms with van der Waals surface area (Å²) in [6.45, 7) is 15.1. The van der Waals surface area contributed by atoms with Crippen molar-refractivity contribution in [2.45, 2.75) is 65.2 Å². The van der Waals surface area contributed by atoms with Gasteiger partial charge in [0, 0.05) is 11.1 Å². The Labute approximate surface area is 187 Å². The Bertz CT molecular complexity index is 961. The van der Waals surface area contributed by atoms with E-state index in [1.165, 1.54) is 5.56 Å². The van der Waals surface area contributed by atoms with E-state index in [1.807, 2.05) is 60.7 Å². The van der Waals surface area contributed by atoms with Crippen LogP contribution in [-0.2, 0) is 15.6 Å². The molecule has 0 saturated heterocycles. The lowest BCUT2D eigenvalue weighted by Gasteiger charge is -2.30. The topological polar surface area (TPSA) is 26.3 Å². The van der Waals surface area contributed by atoms with Crippen molar-refractivity contribution in [3.8, 4) is 5.75 Å². The number of aryl methyl sites for hydroxylation is 1. The quantitative estimate of drug-likeness (QED) is 0.330. The number of benzene rings is 3. The maximum Gasteiger partial charge on any atom is 0.323 e. The third-order valence-corrected chi connectivity index (χ3v) is 5.55. The fourth-order valence-electron chi connectivity index (χ4n) is 3.91. The molecule has 0 aliphatic heterocycles. The van der Waals surface area contributed by atoms with E-state index in [0.29, 0.717) is 5.75 Å². The minimum atomic E-state index is -0.482. The number of rotatable bonds is 4. The summed E-state index contributed by atoms with van der Waals surface area (Å²) >= 11 is 0. The summed E-state index contributed by atoms with van der Waals surface area (Å²) in [7, 11) is 0. The van der Waals surface area contributed by atoms with Gasteiger partial charge in [0.2, 0.25) is 0 Å². The van der Waals surface area contributed by atoms with Crippen LogP contribution in [0.5, 0.6) is 5.75 Å². The molecule has 0 unspecified atom stereocenters. The third-order valence-electron chi connectivity index (χ3n) is 5.55. The summed E-state index contributed by atoms with van der Waals surface area (Å²) in [5.74, 6) is -0.0333. The first-order valence-electron chi connectivity index (χ1n) is 11.0. The molecule has 0 bridgehead atoms. The van der Waals surface area contributed by atoms with Gasteiger partial charge in [0.1, 0.15) is 11.7 Å². The van der Waals surface area contributed by atoms with Crippen molar-refractivity contribution in [1.82, 2.24) is 0 Å². The lowest BCUT2D eigenvalue weighted by Crippen LogP contribution is -2.25. The number of hydrogen-bond donors (Lipinski definition) is 0. The number of carbonyl (C=O) groups is 1. The van der Waals surface area contributed by atoms with Crippen molar-refractivity contribution in [1.29, 1.82) is 0 Å². The van der Waals surface area contributed by atoms with Gasteiger partial charge in [-0.05, 0) is 28.9 Å². The van der Waals surface area contributed by atoms with E-state index < -0.39 is 5.92 Å². The second-order valence-electron chi connectivity index (χ2n) is 10.4. The Morgan fingerprint density at radius 1 is 0.710 bits per heavy atom. The molecule has 31 heavy (non-hydrogen) atoms. The first-order chi connectivity index (χ1) is 14.5. The maximum atomic E-state index is 13.7. The molecule has 162 valence electrons. The van der Waals surface area contributed by atoms with Crippen LogP contribution in [-0.4, -0.2) is 5.97 Å². The van der Waals surface area contributed by atoms with Gasteiger partial charge in [-0.1, -0.05) is 120 Å². The molecule has 0 radical (unpaired) electrons. The van der Waals surface area contributed by atoms with Crippen LogP contribution in [0.25, 0.3) is 0 Å². The van der Waals surface area contributed by atoms with Crippen molar-refractivity contribution in [2.75, 3.05) is 0 Å². The van der Waals surface area contributed by atoms with Gasteiger partial charge < -0.3 is 4.74 Å². The predicted octanol–water partition coefficient (Wildman–Crippen LogP) is 7.33. The van der Waals surface area contributed by atoms with Gasteiger partial charge in [-0.3, -0.25) is 4.79 Å². The molecule has 2 nitrogen and oxygen atoms in total. The molecule has 0 amide bonds. The van der Waals surface area contributed by atoms with Crippen LogP contribution in [0.15, 0.2) is 72.8 Å². The molecule has 2 heteroatoms. The Morgan fingerprint density at radius 3 is 1.45 bits per heavy atom. The van der Waals surface area contributed by atoms with Crippen molar-refractivity contribution < 1.29 is 9.53 Å². The third kappa shape index (κ3) is 5.25. The van der Waals surface area contributed by atoms with Gasteiger partial charge in [0.05, 0.1) is 0 Å². The smallest absolute Gasteiger partial charge is 0.323 e. The Morgan fingerprint density at radius 2 is 1.10 bits per heavy atom. The van der Waals surface area contributed by atoms with Crippen LogP contribution in [0, 0.1) is 6.92 Å². The fraction of sp³-hybridized carbons (Fsp3) is 0.345. The first kappa shape index (κ1) is 22.8. The molecular formula is C29H34O2. The summed E-state index contributed by atoms with van der Waals surface area (Å²) in [4.78, 5) is 13.7. The minimum Gasteiger partial charge on any atom is -0.425 e.